The highest BCUT2D eigenvalue weighted by atomic mass is 15.3. The fourth-order valence-electron chi connectivity index (χ4n) is 3.17. The predicted molar refractivity (Wildman–Crippen MR) is 95.6 cm³/mol. The van der Waals surface area contributed by atoms with Gasteiger partial charge in [-0.2, -0.15) is 10.2 Å². The van der Waals surface area contributed by atoms with Crippen LogP contribution < -0.4 is 0 Å². The second-order valence-electron chi connectivity index (χ2n) is 6.16. The summed E-state index contributed by atoms with van der Waals surface area (Å²) in [6, 6.07) is 16.3. The van der Waals surface area contributed by atoms with Crippen LogP contribution in [0.15, 0.2) is 54.7 Å². The van der Waals surface area contributed by atoms with E-state index >= 15 is 0 Å². The molecule has 4 heterocycles. The third-order valence-electron chi connectivity index (χ3n) is 4.44. The van der Waals surface area contributed by atoms with Gasteiger partial charge in [0.25, 0.3) is 0 Å². The van der Waals surface area contributed by atoms with Gasteiger partial charge < -0.3 is 0 Å². The van der Waals surface area contributed by atoms with Gasteiger partial charge in [-0.1, -0.05) is 30.3 Å². The maximum atomic E-state index is 4.72. The number of benzene rings is 1. The van der Waals surface area contributed by atoms with E-state index < -0.39 is 0 Å². The number of fused-ring (bicyclic) bond motifs is 4. The molecule has 0 amide bonds. The van der Waals surface area contributed by atoms with E-state index in [9.17, 15) is 0 Å². The van der Waals surface area contributed by atoms with Gasteiger partial charge in [-0.05, 0) is 30.5 Å². The predicted octanol–water partition coefficient (Wildman–Crippen LogP) is 3.02. The molecule has 0 aliphatic heterocycles. The van der Waals surface area contributed by atoms with Gasteiger partial charge in [0.05, 0.1) is 0 Å². The van der Waals surface area contributed by atoms with E-state index in [-0.39, 0.29) is 0 Å². The van der Waals surface area contributed by atoms with E-state index in [0.29, 0.717) is 6.42 Å². The number of hydrogen-bond donors (Lipinski definition) is 0. The van der Waals surface area contributed by atoms with E-state index in [4.69, 9.17) is 4.98 Å². The molecule has 1 aromatic carbocycles. The molecular weight excluding hydrogens is 312 g/mol. The zero-order valence-electron chi connectivity index (χ0n) is 13.8. The lowest BCUT2D eigenvalue weighted by molar-refractivity contribution is 0.783. The summed E-state index contributed by atoms with van der Waals surface area (Å²) in [5.41, 5.74) is 2.85. The zero-order valence-corrected chi connectivity index (χ0v) is 13.8. The van der Waals surface area contributed by atoms with E-state index in [2.05, 4.69) is 33.4 Å². The zero-order chi connectivity index (χ0) is 16.8. The summed E-state index contributed by atoms with van der Waals surface area (Å²) >= 11 is 0. The van der Waals surface area contributed by atoms with Crippen LogP contribution in [0.1, 0.15) is 17.3 Å². The van der Waals surface area contributed by atoms with Crippen molar-refractivity contribution in [2.45, 2.75) is 19.8 Å². The Kier molecular flexibility index (Phi) is 3.03. The third kappa shape index (κ3) is 2.34. The summed E-state index contributed by atoms with van der Waals surface area (Å²) in [4.78, 5) is 9.30. The lowest BCUT2D eigenvalue weighted by Crippen LogP contribution is -1.97. The lowest BCUT2D eigenvalue weighted by Gasteiger charge is -1.97. The number of rotatable bonds is 3. The highest BCUT2D eigenvalue weighted by Gasteiger charge is 2.10. The Morgan fingerprint density at radius 2 is 1.68 bits per heavy atom. The van der Waals surface area contributed by atoms with Crippen LogP contribution in [0.25, 0.3) is 22.1 Å². The van der Waals surface area contributed by atoms with E-state index in [1.807, 2.05) is 52.5 Å². The monoisotopic (exact) mass is 328 g/mol. The molecule has 5 aromatic rings. The number of hydrogen-bond acceptors (Lipinski definition) is 4. The molecule has 5 rings (SSSR count). The Bertz CT molecular complexity index is 1220. The number of pyridine rings is 2. The minimum absolute atomic E-state index is 0.714. The average Bonchev–Trinajstić information content (AvgIpc) is 3.24. The molecule has 6 nitrogen and oxygen atoms in total. The van der Waals surface area contributed by atoms with E-state index in [1.54, 1.807) is 0 Å². The minimum atomic E-state index is 0.714. The maximum absolute atomic E-state index is 4.72. The molecule has 122 valence electrons. The molecule has 6 heteroatoms. The fourth-order valence-corrected chi connectivity index (χ4v) is 3.17. The molecule has 4 aromatic heterocycles. The molecule has 0 aliphatic carbocycles. The SMILES string of the molecule is Cc1cccc2nc(CCc3nc4c5ccccc5ccn4n3)nn12. The maximum Gasteiger partial charge on any atom is 0.163 e. The van der Waals surface area contributed by atoms with Gasteiger partial charge in [-0.25, -0.2) is 19.0 Å². The van der Waals surface area contributed by atoms with Crippen molar-refractivity contribution in [2.75, 3.05) is 0 Å². The van der Waals surface area contributed by atoms with Gasteiger partial charge in [-0.15, -0.1) is 0 Å². The summed E-state index contributed by atoms with van der Waals surface area (Å²) in [7, 11) is 0. The van der Waals surface area contributed by atoms with Crippen LogP contribution in [0.2, 0.25) is 0 Å². The normalized spacial score (nSPS) is 11.7. The van der Waals surface area contributed by atoms with Crippen molar-refractivity contribution < 1.29 is 0 Å². The van der Waals surface area contributed by atoms with Crippen molar-refractivity contribution in [3.8, 4) is 0 Å². The Morgan fingerprint density at radius 3 is 2.56 bits per heavy atom. The first-order valence-corrected chi connectivity index (χ1v) is 8.32. The van der Waals surface area contributed by atoms with Crippen molar-refractivity contribution in [2.24, 2.45) is 0 Å². The van der Waals surface area contributed by atoms with Gasteiger partial charge >= 0.3 is 0 Å². The molecule has 0 unspecified atom stereocenters. The van der Waals surface area contributed by atoms with Crippen LogP contribution in [0, 0.1) is 6.92 Å². The molecule has 0 aliphatic rings. The van der Waals surface area contributed by atoms with Gasteiger partial charge in [0.1, 0.15) is 0 Å². The van der Waals surface area contributed by atoms with Gasteiger partial charge in [0, 0.05) is 30.1 Å². The summed E-state index contributed by atoms with van der Waals surface area (Å²) in [6.07, 6.45) is 3.39. The molecule has 0 fully saturated rings. The molecule has 0 spiro atoms. The van der Waals surface area contributed by atoms with Crippen molar-refractivity contribution in [3.05, 3.63) is 72.1 Å². The first-order chi connectivity index (χ1) is 12.3. The van der Waals surface area contributed by atoms with Crippen LogP contribution in [-0.2, 0) is 12.8 Å². The van der Waals surface area contributed by atoms with E-state index in [0.717, 1.165) is 40.4 Å². The summed E-state index contributed by atoms with van der Waals surface area (Å²) in [5, 5.41) is 11.5. The largest absolute Gasteiger partial charge is 0.220 e. The Labute approximate surface area is 143 Å². The molecule has 0 N–H and O–H groups in total. The topological polar surface area (TPSA) is 60.4 Å². The summed E-state index contributed by atoms with van der Waals surface area (Å²) in [5.74, 6) is 1.63. The molecule has 25 heavy (non-hydrogen) atoms. The van der Waals surface area contributed by atoms with Crippen molar-refractivity contribution in [1.82, 2.24) is 29.2 Å². The number of aryl methyl sites for hydroxylation is 3. The Morgan fingerprint density at radius 1 is 0.840 bits per heavy atom. The molecule has 0 bridgehead atoms. The molecule has 0 atom stereocenters. The average molecular weight is 328 g/mol. The highest BCUT2D eigenvalue weighted by molar-refractivity contribution is 5.93. The van der Waals surface area contributed by atoms with Crippen LogP contribution >= 0.6 is 0 Å². The molecule has 0 radical (unpaired) electrons. The molecule has 0 saturated heterocycles. The van der Waals surface area contributed by atoms with Crippen molar-refractivity contribution in [3.63, 3.8) is 0 Å². The number of nitrogens with zero attached hydrogens (tertiary/aromatic N) is 6. The highest BCUT2D eigenvalue weighted by Crippen LogP contribution is 2.18. The third-order valence-corrected chi connectivity index (χ3v) is 4.44. The quantitative estimate of drug-likeness (QED) is 0.511. The summed E-state index contributed by atoms with van der Waals surface area (Å²) < 4.78 is 3.72. The number of aromatic nitrogens is 6. The van der Waals surface area contributed by atoms with Crippen LogP contribution in [0.3, 0.4) is 0 Å². The Hall–Kier alpha value is -3.28. The van der Waals surface area contributed by atoms with E-state index in [1.165, 1.54) is 5.39 Å². The van der Waals surface area contributed by atoms with Gasteiger partial charge in [0.15, 0.2) is 22.9 Å². The van der Waals surface area contributed by atoms with Gasteiger partial charge in [-0.3, -0.25) is 0 Å². The van der Waals surface area contributed by atoms with Crippen molar-refractivity contribution in [1.29, 1.82) is 0 Å². The first kappa shape index (κ1) is 14.1. The van der Waals surface area contributed by atoms with Crippen LogP contribution in [0.4, 0.5) is 0 Å². The second kappa shape index (κ2) is 5.37. The van der Waals surface area contributed by atoms with Crippen LogP contribution in [-0.4, -0.2) is 29.2 Å². The second-order valence-corrected chi connectivity index (χ2v) is 6.16. The molecular formula is C19H16N6. The van der Waals surface area contributed by atoms with Crippen molar-refractivity contribution >= 4 is 22.1 Å². The fraction of sp³-hybridized carbons (Fsp3) is 0.158. The smallest absolute Gasteiger partial charge is 0.163 e. The van der Waals surface area contributed by atoms with Gasteiger partial charge in [0.2, 0.25) is 0 Å². The van der Waals surface area contributed by atoms with Crippen LogP contribution in [0.5, 0.6) is 0 Å². The Balaban J connectivity index is 1.47. The summed E-state index contributed by atoms with van der Waals surface area (Å²) in [6.45, 7) is 2.03. The lowest BCUT2D eigenvalue weighted by atomic mass is 10.2. The minimum Gasteiger partial charge on any atom is -0.220 e. The molecule has 0 saturated carbocycles. The first-order valence-electron chi connectivity index (χ1n) is 8.32. The standard InChI is InChI=1S/C19H16N6/c1-13-5-4-8-18-20-16(23-25(13)18)9-10-17-21-19-15-7-3-2-6-14(15)11-12-24(19)22-17/h2-8,11-12H,9-10H2,1H3.